The van der Waals surface area contributed by atoms with E-state index < -0.39 is 11.6 Å². The Morgan fingerprint density at radius 3 is 2.68 bits per heavy atom. The highest BCUT2D eigenvalue weighted by Gasteiger charge is 2.55. The van der Waals surface area contributed by atoms with Gasteiger partial charge in [0.15, 0.2) is 0 Å². The molecule has 0 aromatic heterocycles. The van der Waals surface area contributed by atoms with E-state index in [1.165, 1.54) is 0 Å². The highest BCUT2D eigenvalue weighted by molar-refractivity contribution is 6.10. The highest BCUT2D eigenvalue weighted by atomic mass is 16.2. The maximum Gasteiger partial charge on any atom is 0.325 e. The molecule has 2 unspecified atom stereocenters. The monoisotopic (exact) mass is 457 g/mol. The number of rotatable bonds is 8. The Kier molecular flexibility index (Phi) is 5.76. The smallest absolute Gasteiger partial charge is 0.325 e. The van der Waals surface area contributed by atoms with E-state index in [1.807, 2.05) is 53.4 Å². The molecule has 5 rings (SSSR count). The molecule has 1 N–H and O–H groups in total. The van der Waals surface area contributed by atoms with Crippen LogP contribution in [0.15, 0.2) is 61.2 Å². The molecule has 4 amide bonds. The van der Waals surface area contributed by atoms with Gasteiger partial charge in [-0.3, -0.25) is 14.5 Å². The molecule has 3 aliphatic rings. The summed E-state index contributed by atoms with van der Waals surface area (Å²) in [5.74, 6) is -0.0308. The van der Waals surface area contributed by atoms with Crippen molar-refractivity contribution < 1.29 is 14.4 Å². The van der Waals surface area contributed by atoms with Crippen molar-refractivity contribution in [1.29, 1.82) is 0 Å². The lowest BCUT2D eigenvalue weighted by Crippen LogP contribution is -2.47. The SMILES string of the molecule is C=CCc1ccc2c(c1)CCC21NC(=O)N(CC(=O)N(Cc2ccccc2)C(C)C2CC2)C1=O. The molecule has 1 spiro atoms. The minimum absolute atomic E-state index is 0.0675. The van der Waals surface area contributed by atoms with E-state index >= 15 is 0 Å². The molecule has 0 bridgehead atoms. The Morgan fingerprint density at radius 1 is 1.21 bits per heavy atom. The second-order valence-electron chi connectivity index (χ2n) is 9.80. The normalized spacial score (nSPS) is 22.0. The Bertz CT molecular complexity index is 1140. The van der Waals surface area contributed by atoms with Crippen LogP contribution in [0.3, 0.4) is 0 Å². The maximum absolute atomic E-state index is 13.6. The van der Waals surface area contributed by atoms with Crippen molar-refractivity contribution in [3.8, 4) is 0 Å². The maximum atomic E-state index is 13.6. The van der Waals surface area contributed by atoms with Gasteiger partial charge in [0.2, 0.25) is 5.91 Å². The van der Waals surface area contributed by atoms with Gasteiger partial charge in [-0.05, 0) is 67.2 Å². The Balaban J connectivity index is 1.36. The molecule has 1 saturated heterocycles. The zero-order valence-corrected chi connectivity index (χ0v) is 19.6. The molecule has 0 radical (unpaired) electrons. The van der Waals surface area contributed by atoms with E-state index in [4.69, 9.17) is 0 Å². The molecule has 2 aliphatic carbocycles. The number of amides is 4. The Morgan fingerprint density at radius 2 is 1.97 bits per heavy atom. The van der Waals surface area contributed by atoms with E-state index in [-0.39, 0.29) is 24.4 Å². The Labute approximate surface area is 200 Å². The first-order chi connectivity index (χ1) is 16.4. The van der Waals surface area contributed by atoms with Gasteiger partial charge in [-0.2, -0.15) is 0 Å². The Hall–Kier alpha value is -3.41. The molecule has 2 atom stereocenters. The van der Waals surface area contributed by atoms with Crippen molar-refractivity contribution in [2.45, 2.75) is 57.2 Å². The molecular formula is C28H31N3O3. The van der Waals surface area contributed by atoms with Crippen molar-refractivity contribution in [2.24, 2.45) is 5.92 Å². The standard InChI is InChI=1S/C28H31N3O3/c1-3-7-20-10-13-24-23(16-20)14-15-28(24)26(33)31(27(34)29-28)18-25(32)30(19(2)22-11-12-22)17-21-8-5-4-6-9-21/h3-6,8-10,13,16,19,22H,1,7,11-12,14-15,17-18H2,2H3,(H,29,34). The topological polar surface area (TPSA) is 69.7 Å². The minimum atomic E-state index is -1.06. The van der Waals surface area contributed by atoms with E-state index in [9.17, 15) is 14.4 Å². The lowest BCUT2D eigenvalue weighted by atomic mass is 9.91. The third-order valence-corrected chi connectivity index (χ3v) is 7.56. The lowest BCUT2D eigenvalue weighted by Gasteiger charge is -2.31. The summed E-state index contributed by atoms with van der Waals surface area (Å²) in [5.41, 5.74) is 3.04. The summed E-state index contributed by atoms with van der Waals surface area (Å²) in [6.45, 7) is 6.10. The zero-order chi connectivity index (χ0) is 23.9. The lowest BCUT2D eigenvalue weighted by molar-refractivity contribution is -0.141. The fourth-order valence-electron chi connectivity index (χ4n) is 5.44. The van der Waals surface area contributed by atoms with Crippen LogP contribution in [0, 0.1) is 5.92 Å². The van der Waals surface area contributed by atoms with Crippen molar-refractivity contribution in [1.82, 2.24) is 15.1 Å². The molecule has 1 heterocycles. The van der Waals surface area contributed by atoms with Crippen molar-refractivity contribution in [3.05, 3.63) is 83.4 Å². The zero-order valence-electron chi connectivity index (χ0n) is 19.6. The van der Waals surface area contributed by atoms with Gasteiger partial charge in [0, 0.05) is 12.6 Å². The van der Waals surface area contributed by atoms with Gasteiger partial charge in [0.05, 0.1) is 0 Å². The summed E-state index contributed by atoms with van der Waals surface area (Å²) in [5, 5.41) is 2.94. The van der Waals surface area contributed by atoms with Crippen LogP contribution in [0.2, 0.25) is 0 Å². The number of nitrogens with zero attached hydrogens (tertiary/aromatic N) is 2. The highest BCUT2D eigenvalue weighted by Crippen LogP contribution is 2.42. The average Bonchev–Trinajstić information content (AvgIpc) is 3.59. The van der Waals surface area contributed by atoms with Gasteiger partial charge in [-0.1, -0.05) is 54.6 Å². The second kappa shape index (κ2) is 8.75. The fourth-order valence-corrected chi connectivity index (χ4v) is 5.44. The number of fused-ring (bicyclic) bond motifs is 2. The number of nitrogens with one attached hydrogen (secondary N) is 1. The number of hydrogen-bond donors (Lipinski definition) is 1. The van der Waals surface area contributed by atoms with Crippen LogP contribution < -0.4 is 5.32 Å². The van der Waals surface area contributed by atoms with Gasteiger partial charge in [-0.25, -0.2) is 4.79 Å². The quantitative estimate of drug-likeness (QED) is 0.482. The summed E-state index contributed by atoms with van der Waals surface area (Å²) >= 11 is 0. The van der Waals surface area contributed by atoms with E-state index in [0.717, 1.165) is 46.4 Å². The number of benzene rings is 2. The molecular weight excluding hydrogens is 426 g/mol. The average molecular weight is 458 g/mol. The fraction of sp³-hybridized carbons (Fsp3) is 0.393. The molecule has 6 heteroatoms. The van der Waals surface area contributed by atoms with Gasteiger partial charge in [0.25, 0.3) is 5.91 Å². The number of imide groups is 1. The predicted molar refractivity (Wildman–Crippen MR) is 130 cm³/mol. The predicted octanol–water partition coefficient (Wildman–Crippen LogP) is 3.94. The summed E-state index contributed by atoms with van der Waals surface area (Å²) in [6, 6.07) is 15.5. The van der Waals surface area contributed by atoms with Gasteiger partial charge in [0.1, 0.15) is 12.1 Å². The van der Waals surface area contributed by atoms with E-state index in [1.54, 1.807) is 0 Å². The first-order valence-electron chi connectivity index (χ1n) is 12.1. The van der Waals surface area contributed by atoms with Gasteiger partial charge in [-0.15, -0.1) is 6.58 Å². The van der Waals surface area contributed by atoms with Gasteiger partial charge >= 0.3 is 6.03 Å². The summed E-state index contributed by atoms with van der Waals surface area (Å²) in [7, 11) is 0. The van der Waals surface area contributed by atoms with Crippen molar-refractivity contribution >= 4 is 17.8 Å². The molecule has 2 aromatic rings. The first-order valence-corrected chi connectivity index (χ1v) is 12.1. The summed E-state index contributed by atoms with van der Waals surface area (Å²) in [4.78, 5) is 43.0. The molecule has 34 heavy (non-hydrogen) atoms. The molecule has 2 fully saturated rings. The van der Waals surface area contributed by atoms with E-state index in [0.29, 0.717) is 25.3 Å². The van der Waals surface area contributed by atoms with E-state index in [2.05, 4.69) is 24.9 Å². The third-order valence-electron chi connectivity index (χ3n) is 7.56. The molecule has 2 aromatic carbocycles. The number of urea groups is 1. The number of carbonyl (C=O) groups is 3. The molecule has 1 saturated carbocycles. The van der Waals surface area contributed by atoms with Crippen molar-refractivity contribution in [2.75, 3.05) is 6.54 Å². The van der Waals surface area contributed by atoms with Crippen LogP contribution in [0.25, 0.3) is 0 Å². The third kappa shape index (κ3) is 3.91. The molecule has 176 valence electrons. The largest absolute Gasteiger partial charge is 0.334 e. The number of hydrogen-bond acceptors (Lipinski definition) is 3. The summed E-state index contributed by atoms with van der Waals surface area (Å²) in [6.07, 6.45) is 6.06. The minimum Gasteiger partial charge on any atom is -0.334 e. The molecule has 6 nitrogen and oxygen atoms in total. The van der Waals surface area contributed by atoms with Crippen LogP contribution in [-0.4, -0.2) is 40.2 Å². The number of allylic oxidation sites excluding steroid dienone is 1. The van der Waals surface area contributed by atoms with Gasteiger partial charge < -0.3 is 10.2 Å². The van der Waals surface area contributed by atoms with Crippen LogP contribution in [-0.2, 0) is 34.5 Å². The van der Waals surface area contributed by atoms with Crippen LogP contribution in [0.4, 0.5) is 4.79 Å². The van der Waals surface area contributed by atoms with Crippen LogP contribution in [0.1, 0.15) is 48.4 Å². The molecule has 1 aliphatic heterocycles. The summed E-state index contributed by atoms with van der Waals surface area (Å²) < 4.78 is 0. The van der Waals surface area contributed by atoms with Crippen LogP contribution >= 0.6 is 0 Å². The second-order valence-corrected chi connectivity index (χ2v) is 9.80. The van der Waals surface area contributed by atoms with Crippen molar-refractivity contribution in [3.63, 3.8) is 0 Å². The van der Waals surface area contributed by atoms with Crippen LogP contribution in [0.5, 0.6) is 0 Å². The number of carbonyl (C=O) groups excluding carboxylic acids is 3. The number of aryl methyl sites for hydroxylation is 1. The first kappa shape index (κ1) is 22.4.